The lowest BCUT2D eigenvalue weighted by atomic mass is 10.1. The van der Waals surface area contributed by atoms with Crippen LogP contribution in [0.2, 0.25) is 5.02 Å². The van der Waals surface area contributed by atoms with Crippen LogP contribution in [0.3, 0.4) is 0 Å². The van der Waals surface area contributed by atoms with Crippen LogP contribution in [0.25, 0.3) is 0 Å². The van der Waals surface area contributed by atoms with Crippen LogP contribution in [-0.4, -0.2) is 16.9 Å². The van der Waals surface area contributed by atoms with E-state index < -0.39 is 5.97 Å². The molecule has 0 aromatic heterocycles. The average molecular weight is 332 g/mol. The van der Waals surface area contributed by atoms with Crippen LogP contribution in [0, 0.1) is 0 Å². The fourth-order valence-electron chi connectivity index (χ4n) is 2.15. The van der Waals surface area contributed by atoms with E-state index in [1.165, 1.54) is 0 Å². The van der Waals surface area contributed by atoms with Gasteiger partial charge in [0.05, 0.1) is 0 Å². The fraction of sp³-hybridized carbons (Fsp3) is 0.222. The number of carbonyl (C=O) groups excluding carboxylic acids is 1. The molecular weight excluding hydrogens is 314 g/mol. The zero-order valence-corrected chi connectivity index (χ0v) is 13.4. The third-order valence-electron chi connectivity index (χ3n) is 3.34. The summed E-state index contributed by atoms with van der Waals surface area (Å²) in [6, 6.07) is 16.9. The minimum Gasteiger partial charge on any atom is -0.456 e. The van der Waals surface area contributed by atoms with E-state index in [0.717, 1.165) is 17.5 Å². The average Bonchev–Trinajstić information content (AvgIpc) is 2.57. The number of nitrogens with zero attached hydrogens (tertiary/aromatic N) is 1. The van der Waals surface area contributed by atoms with Crippen molar-refractivity contribution in [3.05, 3.63) is 70.7 Å². The molecule has 0 spiro atoms. The van der Waals surface area contributed by atoms with Crippen LogP contribution in [0.1, 0.15) is 24.0 Å². The van der Waals surface area contributed by atoms with E-state index in [0.29, 0.717) is 17.9 Å². The zero-order valence-electron chi connectivity index (χ0n) is 12.6. The van der Waals surface area contributed by atoms with Gasteiger partial charge in [-0.2, -0.15) is 0 Å². The van der Waals surface area contributed by atoms with E-state index in [1.807, 2.05) is 54.6 Å². The SMILES string of the molecule is O=C(OCc1ccccc1)/C(CCCc1cccc(Cl)c1)=N/O. The quantitative estimate of drug-likeness (QED) is 0.357. The summed E-state index contributed by atoms with van der Waals surface area (Å²) < 4.78 is 5.15. The molecule has 2 aromatic carbocycles. The molecule has 0 aliphatic carbocycles. The second-order valence-electron chi connectivity index (χ2n) is 5.09. The first-order chi connectivity index (χ1) is 11.2. The summed E-state index contributed by atoms with van der Waals surface area (Å²) in [5.74, 6) is -0.595. The third-order valence-corrected chi connectivity index (χ3v) is 3.57. The lowest BCUT2D eigenvalue weighted by molar-refractivity contribution is -0.137. The van der Waals surface area contributed by atoms with Gasteiger partial charge in [-0.1, -0.05) is 59.2 Å². The molecule has 0 fully saturated rings. The van der Waals surface area contributed by atoms with Crippen molar-refractivity contribution in [1.82, 2.24) is 0 Å². The number of oxime groups is 1. The Morgan fingerprint density at radius 2 is 1.83 bits per heavy atom. The molecule has 2 rings (SSSR count). The summed E-state index contributed by atoms with van der Waals surface area (Å²) in [6.07, 6.45) is 1.75. The van der Waals surface area contributed by atoms with Crippen LogP contribution in [0.15, 0.2) is 59.8 Å². The predicted molar refractivity (Wildman–Crippen MR) is 89.8 cm³/mol. The second-order valence-corrected chi connectivity index (χ2v) is 5.53. The number of ether oxygens (including phenoxy) is 1. The third kappa shape index (κ3) is 5.75. The Bertz CT molecular complexity index is 671. The van der Waals surface area contributed by atoms with Gasteiger partial charge in [-0.15, -0.1) is 0 Å². The number of benzene rings is 2. The molecule has 2 aromatic rings. The molecule has 0 radical (unpaired) electrons. The number of hydrogen-bond donors (Lipinski definition) is 1. The highest BCUT2D eigenvalue weighted by Gasteiger charge is 2.14. The number of esters is 1. The minimum atomic E-state index is -0.595. The van der Waals surface area contributed by atoms with Gasteiger partial charge < -0.3 is 9.94 Å². The van der Waals surface area contributed by atoms with E-state index in [-0.39, 0.29) is 12.3 Å². The van der Waals surface area contributed by atoms with Gasteiger partial charge in [0.1, 0.15) is 6.61 Å². The fourth-order valence-corrected chi connectivity index (χ4v) is 2.36. The van der Waals surface area contributed by atoms with Crippen molar-refractivity contribution in [2.24, 2.45) is 5.16 Å². The topological polar surface area (TPSA) is 58.9 Å². The molecule has 0 aliphatic rings. The Labute approximate surface area is 140 Å². The first kappa shape index (κ1) is 17.0. The zero-order chi connectivity index (χ0) is 16.5. The van der Waals surface area contributed by atoms with Crippen LogP contribution in [0.5, 0.6) is 0 Å². The van der Waals surface area contributed by atoms with Crippen molar-refractivity contribution in [3.8, 4) is 0 Å². The maximum atomic E-state index is 11.9. The molecule has 0 saturated carbocycles. The number of hydrogen-bond acceptors (Lipinski definition) is 4. The molecule has 0 aliphatic heterocycles. The summed E-state index contributed by atoms with van der Waals surface area (Å²) >= 11 is 5.93. The van der Waals surface area contributed by atoms with E-state index in [9.17, 15) is 4.79 Å². The number of carbonyl (C=O) groups is 1. The largest absolute Gasteiger partial charge is 0.456 e. The lowest BCUT2D eigenvalue weighted by Crippen LogP contribution is -2.18. The first-order valence-electron chi connectivity index (χ1n) is 7.35. The number of halogens is 1. The highest BCUT2D eigenvalue weighted by Crippen LogP contribution is 2.13. The van der Waals surface area contributed by atoms with Gasteiger partial charge in [-0.05, 0) is 36.1 Å². The maximum absolute atomic E-state index is 11.9. The first-order valence-corrected chi connectivity index (χ1v) is 7.73. The van der Waals surface area contributed by atoms with Crippen molar-refractivity contribution in [2.75, 3.05) is 0 Å². The highest BCUT2D eigenvalue weighted by atomic mass is 35.5. The Hall–Kier alpha value is -2.33. The Morgan fingerprint density at radius 1 is 1.09 bits per heavy atom. The van der Waals surface area contributed by atoms with Gasteiger partial charge in [0.25, 0.3) is 0 Å². The molecule has 0 amide bonds. The molecule has 0 saturated heterocycles. The van der Waals surface area contributed by atoms with Gasteiger partial charge in [0.2, 0.25) is 0 Å². The van der Waals surface area contributed by atoms with Crippen LogP contribution in [0.4, 0.5) is 0 Å². The van der Waals surface area contributed by atoms with E-state index in [2.05, 4.69) is 5.16 Å². The number of rotatable bonds is 7. The smallest absolute Gasteiger partial charge is 0.356 e. The predicted octanol–water partition coefficient (Wildman–Crippen LogP) is 4.24. The summed E-state index contributed by atoms with van der Waals surface area (Å²) in [5.41, 5.74) is 1.99. The van der Waals surface area contributed by atoms with E-state index in [4.69, 9.17) is 21.5 Å². The molecule has 0 heterocycles. The van der Waals surface area contributed by atoms with Gasteiger partial charge in [-0.3, -0.25) is 0 Å². The van der Waals surface area contributed by atoms with Gasteiger partial charge in [0.15, 0.2) is 5.71 Å². The van der Waals surface area contributed by atoms with Gasteiger partial charge in [0, 0.05) is 11.4 Å². The summed E-state index contributed by atoms with van der Waals surface area (Å²) in [7, 11) is 0. The van der Waals surface area contributed by atoms with Crippen LogP contribution < -0.4 is 0 Å². The molecule has 0 atom stereocenters. The van der Waals surface area contributed by atoms with Gasteiger partial charge in [-0.25, -0.2) is 4.79 Å². The second kappa shape index (κ2) is 8.96. The number of aryl methyl sites for hydroxylation is 1. The standard InChI is InChI=1S/C18H18ClNO3/c19-16-10-4-8-14(12-16)9-5-11-17(20-22)18(21)23-13-15-6-2-1-3-7-15/h1-4,6-8,10,12,22H,5,9,11,13H2/b20-17+. The minimum absolute atomic E-state index is 0.0305. The normalized spacial score (nSPS) is 11.3. The van der Waals surface area contributed by atoms with Crippen LogP contribution in [-0.2, 0) is 22.6 Å². The highest BCUT2D eigenvalue weighted by molar-refractivity contribution is 6.36. The van der Waals surface area contributed by atoms with E-state index in [1.54, 1.807) is 0 Å². The molecule has 0 unspecified atom stereocenters. The van der Waals surface area contributed by atoms with Crippen molar-refractivity contribution >= 4 is 23.3 Å². The maximum Gasteiger partial charge on any atom is 0.356 e. The van der Waals surface area contributed by atoms with Crippen molar-refractivity contribution in [1.29, 1.82) is 0 Å². The Kier molecular flexibility index (Phi) is 6.63. The summed E-state index contributed by atoms with van der Waals surface area (Å²) in [6.45, 7) is 0.160. The summed E-state index contributed by atoms with van der Waals surface area (Å²) in [5, 5.41) is 12.7. The molecule has 120 valence electrons. The van der Waals surface area contributed by atoms with E-state index >= 15 is 0 Å². The molecular formula is C18H18ClNO3. The van der Waals surface area contributed by atoms with Crippen molar-refractivity contribution in [3.63, 3.8) is 0 Å². The molecule has 5 heteroatoms. The van der Waals surface area contributed by atoms with Gasteiger partial charge >= 0.3 is 5.97 Å². The molecule has 1 N–H and O–H groups in total. The Balaban J connectivity index is 1.79. The molecule has 0 bridgehead atoms. The monoisotopic (exact) mass is 331 g/mol. The van der Waals surface area contributed by atoms with Crippen molar-refractivity contribution < 1.29 is 14.7 Å². The van der Waals surface area contributed by atoms with Crippen LogP contribution >= 0.6 is 11.6 Å². The molecule has 23 heavy (non-hydrogen) atoms. The lowest BCUT2D eigenvalue weighted by Gasteiger charge is -2.06. The Morgan fingerprint density at radius 3 is 2.52 bits per heavy atom. The summed E-state index contributed by atoms with van der Waals surface area (Å²) in [4.78, 5) is 11.9. The molecule has 4 nitrogen and oxygen atoms in total. The van der Waals surface area contributed by atoms with Crippen molar-refractivity contribution in [2.45, 2.75) is 25.9 Å².